The van der Waals surface area contributed by atoms with Crippen molar-refractivity contribution in [2.75, 3.05) is 11.9 Å². The number of carbonyl (C=O) groups excluding carboxylic acids is 1. The first-order valence-electron chi connectivity index (χ1n) is 5.53. The number of carbonyl (C=O) groups is 2. The first-order valence-corrected chi connectivity index (χ1v) is 5.53. The van der Waals surface area contributed by atoms with Gasteiger partial charge in [-0.15, -0.1) is 0 Å². The Bertz CT molecular complexity index is 616. The molecule has 1 amide bonds. The summed E-state index contributed by atoms with van der Waals surface area (Å²) in [6.07, 6.45) is 1.36. The molecule has 6 nitrogen and oxygen atoms in total. The maximum absolute atomic E-state index is 12.2. The molecule has 0 aliphatic rings. The predicted octanol–water partition coefficient (Wildman–Crippen LogP) is 1.96. The summed E-state index contributed by atoms with van der Waals surface area (Å²) in [5, 5.41) is 12.4. The number of aromatic carboxylic acids is 1. The topological polar surface area (TPSA) is 83.6 Å². The van der Waals surface area contributed by atoms with Crippen LogP contribution >= 0.6 is 0 Å². The highest BCUT2D eigenvalue weighted by Gasteiger charge is 2.18. The first kappa shape index (κ1) is 12.8. The van der Waals surface area contributed by atoms with Gasteiger partial charge in [0.1, 0.15) is 11.3 Å². The minimum atomic E-state index is -1.00. The fraction of sp³-hybridized carbons (Fsp3) is 0.154. The van der Waals surface area contributed by atoms with E-state index in [1.54, 1.807) is 26.1 Å². The van der Waals surface area contributed by atoms with Gasteiger partial charge in [-0.3, -0.25) is 4.79 Å². The zero-order valence-electron chi connectivity index (χ0n) is 10.5. The van der Waals surface area contributed by atoms with Gasteiger partial charge in [0.2, 0.25) is 0 Å². The number of hydrogen-bond acceptors (Lipinski definition) is 4. The second-order valence-corrected chi connectivity index (χ2v) is 4.01. The average Bonchev–Trinajstić information content (AvgIpc) is 2.83. The number of hydrogen-bond donors (Lipinski definition) is 1. The molecule has 0 aliphatic carbocycles. The van der Waals surface area contributed by atoms with E-state index in [9.17, 15) is 9.59 Å². The van der Waals surface area contributed by atoms with Crippen LogP contribution < -0.4 is 4.90 Å². The van der Waals surface area contributed by atoms with Crippen molar-refractivity contribution in [3.63, 3.8) is 0 Å². The lowest BCUT2D eigenvalue weighted by Crippen LogP contribution is -2.26. The Hall–Kier alpha value is -2.63. The van der Waals surface area contributed by atoms with Crippen molar-refractivity contribution in [2.24, 2.45) is 0 Å². The molecule has 0 saturated carbocycles. The molecule has 1 N–H and O–H groups in total. The summed E-state index contributed by atoms with van der Waals surface area (Å²) in [7, 11) is 1.60. The standard InChI is InChI=1S/C13H12N2O4/c1-8-11(7-14-19-8)12(16)15(2)10-5-3-9(4-6-10)13(17)18/h3-7H,1-2H3,(H,17,18). The van der Waals surface area contributed by atoms with E-state index in [0.29, 0.717) is 17.0 Å². The molecule has 19 heavy (non-hydrogen) atoms. The number of aromatic nitrogens is 1. The average molecular weight is 260 g/mol. The molecular weight excluding hydrogens is 248 g/mol. The fourth-order valence-electron chi connectivity index (χ4n) is 1.63. The predicted molar refractivity (Wildman–Crippen MR) is 67.4 cm³/mol. The lowest BCUT2D eigenvalue weighted by atomic mass is 10.2. The van der Waals surface area contributed by atoms with Crippen LogP contribution in [0.25, 0.3) is 0 Å². The van der Waals surface area contributed by atoms with Gasteiger partial charge in [0, 0.05) is 12.7 Å². The van der Waals surface area contributed by atoms with Crippen LogP contribution in [0.3, 0.4) is 0 Å². The van der Waals surface area contributed by atoms with Crippen LogP contribution in [0.2, 0.25) is 0 Å². The quantitative estimate of drug-likeness (QED) is 0.911. The van der Waals surface area contributed by atoms with Crippen molar-refractivity contribution in [1.29, 1.82) is 0 Å². The molecule has 1 aromatic heterocycles. The molecule has 0 fully saturated rings. The third-order valence-corrected chi connectivity index (χ3v) is 2.79. The van der Waals surface area contributed by atoms with Gasteiger partial charge in [-0.25, -0.2) is 4.79 Å². The number of carboxylic acids is 1. The van der Waals surface area contributed by atoms with Gasteiger partial charge < -0.3 is 14.5 Å². The number of carboxylic acid groups (broad SMARTS) is 1. The Morgan fingerprint density at radius 2 is 1.89 bits per heavy atom. The molecule has 98 valence electrons. The lowest BCUT2D eigenvalue weighted by molar-refractivity contribution is 0.0696. The SMILES string of the molecule is Cc1oncc1C(=O)N(C)c1ccc(C(=O)O)cc1. The summed E-state index contributed by atoms with van der Waals surface area (Å²) < 4.78 is 4.85. The highest BCUT2D eigenvalue weighted by molar-refractivity contribution is 6.06. The Morgan fingerprint density at radius 1 is 1.26 bits per heavy atom. The molecule has 0 spiro atoms. The Balaban J connectivity index is 2.24. The molecule has 0 saturated heterocycles. The van der Waals surface area contributed by atoms with Crippen molar-refractivity contribution >= 4 is 17.6 Å². The summed E-state index contributed by atoms with van der Waals surface area (Å²) in [4.78, 5) is 24.3. The van der Waals surface area contributed by atoms with E-state index in [1.807, 2.05) is 0 Å². The van der Waals surface area contributed by atoms with E-state index in [2.05, 4.69) is 5.16 Å². The monoisotopic (exact) mass is 260 g/mol. The largest absolute Gasteiger partial charge is 0.478 e. The molecule has 0 unspecified atom stereocenters. The lowest BCUT2D eigenvalue weighted by Gasteiger charge is -2.16. The third-order valence-electron chi connectivity index (χ3n) is 2.79. The number of nitrogens with zero attached hydrogens (tertiary/aromatic N) is 2. The second-order valence-electron chi connectivity index (χ2n) is 4.01. The summed E-state index contributed by atoms with van der Waals surface area (Å²) in [6.45, 7) is 1.65. The number of benzene rings is 1. The molecule has 0 aliphatic heterocycles. The van der Waals surface area contributed by atoms with Crippen molar-refractivity contribution < 1.29 is 19.2 Å². The molecule has 0 bridgehead atoms. The summed E-state index contributed by atoms with van der Waals surface area (Å²) >= 11 is 0. The molecule has 1 aromatic carbocycles. The van der Waals surface area contributed by atoms with Crippen molar-refractivity contribution in [3.8, 4) is 0 Å². The van der Waals surface area contributed by atoms with Gasteiger partial charge >= 0.3 is 5.97 Å². The highest BCUT2D eigenvalue weighted by Crippen LogP contribution is 2.18. The van der Waals surface area contributed by atoms with E-state index in [-0.39, 0.29) is 11.5 Å². The molecule has 1 heterocycles. The molecule has 0 radical (unpaired) electrons. The summed E-state index contributed by atoms with van der Waals surface area (Å²) in [5.74, 6) is -0.823. The maximum Gasteiger partial charge on any atom is 0.335 e. The van der Waals surface area contributed by atoms with Crippen LogP contribution in [0.15, 0.2) is 35.0 Å². The Morgan fingerprint density at radius 3 is 2.37 bits per heavy atom. The Kier molecular flexibility index (Phi) is 3.33. The number of anilines is 1. The van der Waals surface area contributed by atoms with Crippen LogP contribution in [0.4, 0.5) is 5.69 Å². The van der Waals surface area contributed by atoms with E-state index >= 15 is 0 Å². The zero-order valence-corrected chi connectivity index (χ0v) is 10.5. The van der Waals surface area contributed by atoms with Gasteiger partial charge in [-0.05, 0) is 31.2 Å². The minimum absolute atomic E-state index is 0.172. The molecule has 6 heteroatoms. The van der Waals surface area contributed by atoms with Crippen LogP contribution in [-0.4, -0.2) is 29.2 Å². The van der Waals surface area contributed by atoms with Crippen LogP contribution in [0.5, 0.6) is 0 Å². The molecule has 2 rings (SSSR count). The first-order chi connectivity index (χ1) is 9.00. The second kappa shape index (κ2) is 4.93. The van der Waals surface area contributed by atoms with Crippen LogP contribution in [0.1, 0.15) is 26.5 Å². The number of amides is 1. The highest BCUT2D eigenvalue weighted by atomic mass is 16.5. The maximum atomic E-state index is 12.2. The number of rotatable bonds is 3. The van der Waals surface area contributed by atoms with Gasteiger partial charge in [-0.1, -0.05) is 5.16 Å². The van der Waals surface area contributed by atoms with Crippen molar-refractivity contribution in [3.05, 3.63) is 47.3 Å². The van der Waals surface area contributed by atoms with E-state index < -0.39 is 5.97 Å². The van der Waals surface area contributed by atoms with E-state index in [1.165, 1.54) is 23.2 Å². The number of aryl methyl sites for hydroxylation is 1. The molecule has 0 atom stereocenters. The van der Waals surface area contributed by atoms with Crippen molar-refractivity contribution in [2.45, 2.75) is 6.92 Å². The smallest absolute Gasteiger partial charge is 0.335 e. The van der Waals surface area contributed by atoms with Gasteiger partial charge in [0.05, 0.1) is 11.8 Å². The van der Waals surface area contributed by atoms with Crippen molar-refractivity contribution in [1.82, 2.24) is 5.16 Å². The van der Waals surface area contributed by atoms with E-state index in [4.69, 9.17) is 9.63 Å². The zero-order chi connectivity index (χ0) is 14.0. The third kappa shape index (κ3) is 2.47. The molecule has 2 aromatic rings. The van der Waals surface area contributed by atoms with E-state index in [0.717, 1.165) is 0 Å². The van der Waals surface area contributed by atoms with Crippen LogP contribution in [-0.2, 0) is 0 Å². The minimum Gasteiger partial charge on any atom is -0.478 e. The normalized spacial score (nSPS) is 10.2. The van der Waals surface area contributed by atoms with Gasteiger partial charge in [0.15, 0.2) is 0 Å². The molecular formula is C13H12N2O4. The fourth-order valence-corrected chi connectivity index (χ4v) is 1.63. The van der Waals surface area contributed by atoms with Gasteiger partial charge in [0.25, 0.3) is 5.91 Å². The summed E-state index contributed by atoms with van der Waals surface area (Å²) in [5.41, 5.74) is 1.14. The van der Waals surface area contributed by atoms with Gasteiger partial charge in [-0.2, -0.15) is 0 Å². The Labute approximate surface area is 109 Å². The summed E-state index contributed by atoms with van der Waals surface area (Å²) in [6, 6.07) is 6.04. The van der Waals surface area contributed by atoms with Crippen LogP contribution in [0, 0.1) is 6.92 Å².